The summed E-state index contributed by atoms with van der Waals surface area (Å²) in [7, 11) is 0. The Morgan fingerprint density at radius 2 is 0.606 bits per heavy atom. The zero-order chi connectivity index (χ0) is 90.9. The second-order valence-electron chi connectivity index (χ2n) is 30.2. The molecule has 16 rings (SSSR count). The molecule has 13 aromatic rings. The van der Waals surface area contributed by atoms with Crippen molar-refractivity contribution in [2.45, 2.75) is 123 Å². The third-order valence-electron chi connectivity index (χ3n) is 19.7. The highest BCUT2D eigenvalue weighted by Gasteiger charge is 2.45. The maximum atomic E-state index is 10.6. The highest BCUT2D eigenvalue weighted by atomic mass is 15.2. The summed E-state index contributed by atoms with van der Waals surface area (Å²) in [5.41, 5.74) is 2.94. The standard InChI is InChI=1S/C97H88N2/c1-94(2,3)73-52-70(53-74(60-73)95(4,5)6)66-47-49-83-85(56-66)98(92-79(62-31-17-13-18-32-62)43-29-44-80(92)63-33-19-14-20-34-63)87-58-72(89-77-41-27-25-39-68(77)51-69-40-26-28-42-78(69)89)59-88-91(87)90(83)84-50-48-67(71-54-75(96(7,8)9)61-76(55-71)97(10,11)12)57-86(84)99(88)93-81(64-35-21-15-22-36-64)45-30-46-82(93)65-37-23-16-24-38-65/h13-50,52-61,89-90H,51H2,1-12H3/i13D,14D,15D,16D,17D,18D,19D,20D,21D,22D,23D,24D,29D,30D,31D,32D,33D,34D,35D,36D,37D,38D,43D,44D,45D,46D. The maximum Gasteiger partial charge on any atom is 0.0630 e. The average Bonchev–Trinajstić information content (AvgIpc) is 0.678. The summed E-state index contributed by atoms with van der Waals surface area (Å²) < 4.78 is 255. The molecule has 0 atom stereocenters. The zero-order valence-corrected chi connectivity index (χ0v) is 57.5. The second kappa shape index (κ2) is 24.2. The van der Waals surface area contributed by atoms with Gasteiger partial charge in [-0.15, -0.1) is 0 Å². The van der Waals surface area contributed by atoms with Gasteiger partial charge in [-0.05, 0) is 158 Å². The minimum Gasteiger partial charge on any atom is -0.309 e. The van der Waals surface area contributed by atoms with Gasteiger partial charge in [-0.2, -0.15) is 0 Å². The first-order valence-electron chi connectivity index (χ1n) is 46.5. The molecule has 0 aromatic heterocycles. The molecular formula is C97H88N2. The predicted molar refractivity (Wildman–Crippen MR) is 421 cm³/mol. The van der Waals surface area contributed by atoms with Crippen molar-refractivity contribution >= 4 is 34.1 Å². The highest BCUT2D eigenvalue weighted by molar-refractivity contribution is 6.07. The van der Waals surface area contributed by atoms with Crippen molar-refractivity contribution in [1.82, 2.24) is 0 Å². The molecule has 0 fully saturated rings. The lowest BCUT2D eigenvalue weighted by Crippen LogP contribution is -2.31. The molecule has 2 heterocycles. The van der Waals surface area contributed by atoms with E-state index < -0.39 is 246 Å². The molecule has 3 aliphatic rings. The van der Waals surface area contributed by atoms with E-state index in [-0.39, 0.29) is 28.3 Å². The van der Waals surface area contributed by atoms with Crippen LogP contribution in [-0.2, 0) is 28.1 Å². The van der Waals surface area contributed by atoms with Gasteiger partial charge in [-0.25, -0.2) is 0 Å². The van der Waals surface area contributed by atoms with Gasteiger partial charge in [0.1, 0.15) is 0 Å². The monoisotopic (exact) mass is 1310 g/mol. The van der Waals surface area contributed by atoms with Crippen LogP contribution in [0.1, 0.15) is 197 Å². The number of benzene rings is 13. The molecule has 2 aliphatic heterocycles. The Hall–Kier alpha value is -10.5. The van der Waals surface area contributed by atoms with Crippen LogP contribution >= 0.6 is 0 Å². The summed E-state index contributed by atoms with van der Waals surface area (Å²) in [4.78, 5) is 3.18. The van der Waals surface area contributed by atoms with Gasteiger partial charge in [0.2, 0.25) is 0 Å². The number of nitrogens with zero attached hydrogens (tertiary/aromatic N) is 2. The second-order valence-corrected chi connectivity index (χ2v) is 30.2. The smallest absolute Gasteiger partial charge is 0.0630 e. The van der Waals surface area contributed by atoms with Gasteiger partial charge < -0.3 is 9.80 Å². The maximum absolute atomic E-state index is 10.6. The third kappa shape index (κ3) is 11.3. The normalized spacial score (nSPS) is 17.4. The Morgan fingerprint density at radius 1 is 0.283 bits per heavy atom. The van der Waals surface area contributed by atoms with Crippen molar-refractivity contribution in [3.8, 4) is 66.8 Å². The van der Waals surface area contributed by atoms with Crippen molar-refractivity contribution in [3.63, 3.8) is 0 Å². The molecular weight excluding hydrogens is 1190 g/mol. The van der Waals surface area contributed by atoms with E-state index in [2.05, 4.69) is 119 Å². The molecule has 13 aromatic carbocycles. The molecule has 2 nitrogen and oxygen atoms in total. The van der Waals surface area contributed by atoms with E-state index in [9.17, 15) is 30.2 Å². The quantitative estimate of drug-likeness (QED) is 0.142. The van der Waals surface area contributed by atoms with Gasteiger partial charge in [0.15, 0.2) is 0 Å². The molecule has 0 unspecified atom stereocenters. The molecule has 2 heteroatoms. The number of para-hydroxylation sites is 2. The van der Waals surface area contributed by atoms with E-state index in [0.717, 1.165) is 44.5 Å². The third-order valence-corrected chi connectivity index (χ3v) is 19.7. The fourth-order valence-corrected chi connectivity index (χ4v) is 14.5. The number of fused-ring (bicyclic) bond motifs is 6. The van der Waals surface area contributed by atoms with Crippen LogP contribution < -0.4 is 9.80 Å². The SMILES string of the molecule is [2H]c1c([2H])c([2H])c(-c2c([2H])c([2H])c([2H])c(-c3c([2H])c([2H])c([2H])c([2H])c3[2H])c2N2c3cc(-c4cc(C(C)(C)C)cc(C(C)(C)C)c4)ccc3C3c4ccc(-c5cc(C(C)(C)C)cc(C(C)(C)C)c5)cc4N(c4c(-c5c([2H])c([2H])c([2H])c([2H])c5[2H])c([2H])c([2H])c([2H])c4-c4c([2H])c([2H])c([2H])c([2H])c4[2H])c4cc(C5c6ccccc6Cc6ccccc65)cc2c43)c([2H])c1[2H]. The summed E-state index contributed by atoms with van der Waals surface area (Å²) in [6.07, 6.45) is 0.426. The topological polar surface area (TPSA) is 6.48 Å². The molecule has 0 saturated carbocycles. The minimum absolute atomic E-state index is 0.0284. The van der Waals surface area contributed by atoms with Crippen LogP contribution in [-0.4, -0.2) is 0 Å². The fraction of sp³-hybridized carbons (Fsp3) is 0.196. The molecule has 0 N–H and O–H groups in total. The van der Waals surface area contributed by atoms with Gasteiger partial charge >= 0.3 is 0 Å². The molecule has 99 heavy (non-hydrogen) atoms. The van der Waals surface area contributed by atoms with E-state index >= 15 is 0 Å². The van der Waals surface area contributed by atoms with Crippen LogP contribution in [0.3, 0.4) is 0 Å². The van der Waals surface area contributed by atoms with Gasteiger partial charge in [0, 0.05) is 39.7 Å². The van der Waals surface area contributed by atoms with Crippen molar-refractivity contribution in [3.05, 3.63) is 357 Å². The first-order chi connectivity index (χ1) is 58.4. The summed E-state index contributed by atoms with van der Waals surface area (Å²) in [6, 6.07) is 19.9. The number of hydrogen-bond donors (Lipinski definition) is 0. The number of hydrogen-bond acceptors (Lipinski definition) is 2. The summed E-state index contributed by atoms with van der Waals surface area (Å²) in [6.45, 7) is 25.1. The van der Waals surface area contributed by atoms with Gasteiger partial charge in [0.05, 0.1) is 69.8 Å². The Kier molecular flexibility index (Phi) is 9.86. The first-order valence-corrected chi connectivity index (χ1v) is 33.5. The van der Waals surface area contributed by atoms with Crippen LogP contribution in [0, 0.1) is 0 Å². The Labute approximate surface area is 624 Å². The molecule has 1 aliphatic carbocycles. The number of anilines is 6. The summed E-state index contributed by atoms with van der Waals surface area (Å²) >= 11 is 0. The molecule has 0 bridgehead atoms. The van der Waals surface area contributed by atoms with E-state index in [4.69, 9.17) is 5.48 Å². The lowest BCUT2D eigenvalue weighted by molar-refractivity contribution is 0.568. The van der Waals surface area contributed by atoms with Gasteiger partial charge in [-0.1, -0.05) is 349 Å². The molecule has 0 spiro atoms. The summed E-state index contributed by atoms with van der Waals surface area (Å²) in [5.74, 6) is -2.07. The van der Waals surface area contributed by atoms with E-state index in [0.29, 0.717) is 45.4 Å². The molecule has 0 radical (unpaired) electrons. The Morgan fingerprint density at radius 3 is 0.929 bits per heavy atom. The van der Waals surface area contributed by atoms with Gasteiger partial charge in [0.25, 0.3) is 0 Å². The molecule has 0 amide bonds. The zero-order valence-electron chi connectivity index (χ0n) is 83.5. The van der Waals surface area contributed by atoms with Crippen LogP contribution in [0.15, 0.2) is 291 Å². The number of rotatable bonds is 9. The van der Waals surface area contributed by atoms with Crippen LogP contribution in [0.4, 0.5) is 34.1 Å². The predicted octanol–water partition coefficient (Wildman–Crippen LogP) is 26.7. The lowest BCUT2D eigenvalue weighted by Gasteiger charge is -2.47. The summed E-state index contributed by atoms with van der Waals surface area (Å²) in [5, 5.41) is 0. The van der Waals surface area contributed by atoms with Crippen molar-refractivity contribution in [1.29, 1.82) is 0 Å². The van der Waals surface area contributed by atoms with Crippen molar-refractivity contribution in [2.75, 3.05) is 9.80 Å². The van der Waals surface area contributed by atoms with Crippen LogP contribution in [0.2, 0.25) is 0 Å². The van der Waals surface area contributed by atoms with Crippen molar-refractivity contribution < 1.29 is 35.6 Å². The molecule has 486 valence electrons. The molecule has 0 saturated heterocycles. The van der Waals surface area contributed by atoms with Gasteiger partial charge in [-0.3, -0.25) is 0 Å². The fourth-order valence-electron chi connectivity index (χ4n) is 14.5. The Bertz CT molecular complexity index is 6140. The van der Waals surface area contributed by atoms with E-state index in [1.165, 1.54) is 0 Å². The average molecular weight is 1310 g/mol. The lowest BCUT2D eigenvalue weighted by atomic mass is 9.71. The Balaban J connectivity index is 1.24. The van der Waals surface area contributed by atoms with E-state index in [1.807, 2.05) is 97.1 Å². The van der Waals surface area contributed by atoms with Crippen molar-refractivity contribution in [2.24, 2.45) is 0 Å². The largest absolute Gasteiger partial charge is 0.309 e. The van der Waals surface area contributed by atoms with E-state index in [1.54, 1.807) is 9.80 Å². The minimum atomic E-state index is -1.18. The first kappa shape index (κ1) is 40.4. The van der Waals surface area contributed by atoms with Crippen LogP contribution in [0.5, 0.6) is 0 Å². The van der Waals surface area contributed by atoms with Crippen LogP contribution in [0.25, 0.3) is 66.8 Å². The highest BCUT2D eigenvalue weighted by Crippen LogP contribution is 2.65.